The highest BCUT2D eigenvalue weighted by atomic mass is 32.1. The van der Waals surface area contributed by atoms with Gasteiger partial charge in [0.1, 0.15) is 10.8 Å². The molecule has 0 saturated carbocycles. The van der Waals surface area contributed by atoms with E-state index in [1.54, 1.807) is 18.3 Å². The van der Waals surface area contributed by atoms with E-state index in [4.69, 9.17) is 18.0 Å². The number of nitrogens with one attached hydrogen (secondary N) is 1. The summed E-state index contributed by atoms with van der Waals surface area (Å²) in [7, 11) is 0. The van der Waals surface area contributed by atoms with Crippen molar-refractivity contribution in [2.24, 2.45) is 5.73 Å². The van der Waals surface area contributed by atoms with Gasteiger partial charge in [0.15, 0.2) is 0 Å². The fourth-order valence-electron chi connectivity index (χ4n) is 1.68. The standard InChI is InChI=1S/C14H14FN3S/c15-12-9-10(14(16)19)4-5-13(12)18-8-6-11-3-1-2-7-17-11/h1-5,7,9,18H,6,8H2,(H2,16,19). The molecule has 0 fully saturated rings. The number of hydrogen-bond donors (Lipinski definition) is 2. The molecule has 0 aliphatic heterocycles. The first-order valence-corrected chi connectivity index (χ1v) is 6.31. The molecule has 0 radical (unpaired) electrons. The minimum absolute atomic E-state index is 0.193. The number of rotatable bonds is 5. The number of nitrogens with zero attached hydrogens (tertiary/aromatic N) is 1. The Bertz CT molecular complexity index is 572. The van der Waals surface area contributed by atoms with Crippen LogP contribution in [0.25, 0.3) is 0 Å². The van der Waals surface area contributed by atoms with Crippen molar-refractivity contribution in [3.63, 3.8) is 0 Å². The lowest BCUT2D eigenvalue weighted by atomic mass is 10.2. The highest BCUT2D eigenvalue weighted by Crippen LogP contribution is 2.15. The topological polar surface area (TPSA) is 50.9 Å². The van der Waals surface area contributed by atoms with Crippen LogP contribution in [-0.2, 0) is 6.42 Å². The van der Waals surface area contributed by atoms with Gasteiger partial charge in [0.2, 0.25) is 0 Å². The molecule has 0 bridgehead atoms. The largest absolute Gasteiger partial charge is 0.389 e. The molecule has 2 aromatic rings. The van der Waals surface area contributed by atoms with Gasteiger partial charge >= 0.3 is 0 Å². The number of pyridine rings is 1. The maximum absolute atomic E-state index is 13.7. The number of nitrogens with two attached hydrogens (primary N) is 1. The van der Waals surface area contributed by atoms with Gasteiger partial charge in [0, 0.05) is 30.4 Å². The lowest BCUT2D eigenvalue weighted by Gasteiger charge is -2.08. The zero-order valence-corrected chi connectivity index (χ0v) is 11.1. The second-order valence-corrected chi connectivity index (χ2v) is 4.50. The van der Waals surface area contributed by atoms with Crippen LogP contribution in [0.15, 0.2) is 42.6 Å². The van der Waals surface area contributed by atoms with Crippen LogP contribution in [0, 0.1) is 5.82 Å². The number of thiocarbonyl (C=S) groups is 1. The summed E-state index contributed by atoms with van der Waals surface area (Å²) in [4.78, 5) is 4.40. The predicted octanol–water partition coefficient (Wildman–Crippen LogP) is 2.51. The van der Waals surface area contributed by atoms with Crippen LogP contribution >= 0.6 is 12.2 Å². The van der Waals surface area contributed by atoms with E-state index in [1.165, 1.54) is 6.07 Å². The molecule has 5 heteroatoms. The fourth-order valence-corrected chi connectivity index (χ4v) is 1.81. The number of hydrogen-bond acceptors (Lipinski definition) is 3. The molecule has 0 atom stereocenters. The third-order valence-electron chi connectivity index (χ3n) is 2.68. The van der Waals surface area contributed by atoms with Crippen molar-refractivity contribution in [2.75, 3.05) is 11.9 Å². The number of halogens is 1. The van der Waals surface area contributed by atoms with Crippen molar-refractivity contribution in [2.45, 2.75) is 6.42 Å². The van der Waals surface area contributed by atoms with Gasteiger partial charge in [-0.1, -0.05) is 18.3 Å². The van der Waals surface area contributed by atoms with Gasteiger partial charge in [0.25, 0.3) is 0 Å². The summed E-state index contributed by atoms with van der Waals surface area (Å²) in [5, 5.41) is 3.03. The summed E-state index contributed by atoms with van der Waals surface area (Å²) in [6.07, 6.45) is 2.48. The van der Waals surface area contributed by atoms with Crippen LogP contribution in [-0.4, -0.2) is 16.5 Å². The molecule has 19 heavy (non-hydrogen) atoms. The average Bonchev–Trinajstić information content (AvgIpc) is 2.41. The Kier molecular flexibility index (Phi) is 4.41. The number of benzene rings is 1. The van der Waals surface area contributed by atoms with Gasteiger partial charge in [-0.15, -0.1) is 0 Å². The summed E-state index contributed by atoms with van der Waals surface area (Å²) in [5.41, 5.74) is 7.38. The van der Waals surface area contributed by atoms with Gasteiger partial charge in [0.05, 0.1) is 5.69 Å². The van der Waals surface area contributed by atoms with E-state index in [0.717, 1.165) is 12.1 Å². The number of aromatic nitrogens is 1. The lowest BCUT2D eigenvalue weighted by Crippen LogP contribution is -2.11. The van der Waals surface area contributed by atoms with Gasteiger partial charge in [-0.05, 0) is 30.3 Å². The second-order valence-electron chi connectivity index (χ2n) is 4.06. The van der Waals surface area contributed by atoms with Crippen molar-refractivity contribution < 1.29 is 4.39 Å². The van der Waals surface area contributed by atoms with E-state index >= 15 is 0 Å². The van der Waals surface area contributed by atoms with Crippen LogP contribution in [0.2, 0.25) is 0 Å². The van der Waals surface area contributed by atoms with Crippen molar-refractivity contribution in [1.29, 1.82) is 0 Å². The third kappa shape index (κ3) is 3.72. The molecule has 3 nitrogen and oxygen atoms in total. The molecule has 0 spiro atoms. The Morgan fingerprint density at radius 2 is 2.16 bits per heavy atom. The molecule has 1 aromatic heterocycles. The maximum Gasteiger partial charge on any atom is 0.146 e. The molecule has 1 aromatic carbocycles. The molecule has 98 valence electrons. The highest BCUT2D eigenvalue weighted by Gasteiger charge is 2.04. The monoisotopic (exact) mass is 275 g/mol. The molecule has 0 saturated heterocycles. The second kappa shape index (κ2) is 6.24. The Labute approximate surface area is 116 Å². The van der Waals surface area contributed by atoms with Crippen LogP contribution in [0.1, 0.15) is 11.3 Å². The van der Waals surface area contributed by atoms with Crippen molar-refractivity contribution in [1.82, 2.24) is 4.98 Å². The highest BCUT2D eigenvalue weighted by molar-refractivity contribution is 7.80. The molecule has 1 heterocycles. The summed E-state index contributed by atoms with van der Waals surface area (Å²) >= 11 is 4.80. The van der Waals surface area contributed by atoms with Crippen molar-refractivity contribution in [3.05, 3.63) is 59.7 Å². The Hall–Kier alpha value is -2.01. The molecule has 3 N–H and O–H groups in total. The molecule has 0 aliphatic carbocycles. The van der Waals surface area contributed by atoms with Crippen LogP contribution in [0.3, 0.4) is 0 Å². The van der Waals surface area contributed by atoms with E-state index in [9.17, 15) is 4.39 Å². The van der Waals surface area contributed by atoms with Gasteiger partial charge in [-0.3, -0.25) is 4.98 Å². The van der Waals surface area contributed by atoms with Gasteiger partial charge in [-0.25, -0.2) is 4.39 Å². The minimum Gasteiger partial charge on any atom is -0.389 e. The SMILES string of the molecule is NC(=S)c1ccc(NCCc2ccccn2)c(F)c1. The van der Waals surface area contributed by atoms with Gasteiger partial charge in [-0.2, -0.15) is 0 Å². The smallest absolute Gasteiger partial charge is 0.146 e. The van der Waals surface area contributed by atoms with Crippen LogP contribution < -0.4 is 11.1 Å². The third-order valence-corrected chi connectivity index (χ3v) is 2.91. The van der Waals surface area contributed by atoms with Crippen molar-refractivity contribution in [3.8, 4) is 0 Å². The lowest BCUT2D eigenvalue weighted by molar-refractivity contribution is 0.629. The van der Waals surface area contributed by atoms with E-state index in [-0.39, 0.29) is 10.8 Å². The Morgan fingerprint density at radius 3 is 2.79 bits per heavy atom. The van der Waals surface area contributed by atoms with E-state index in [2.05, 4.69) is 10.3 Å². The first-order valence-electron chi connectivity index (χ1n) is 5.90. The molecule has 0 unspecified atom stereocenters. The molecule has 0 amide bonds. The zero-order chi connectivity index (χ0) is 13.7. The molecular weight excluding hydrogens is 261 g/mol. The number of anilines is 1. The quantitative estimate of drug-likeness (QED) is 0.823. The summed E-state index contributed by atoms with van der Waals surface area (Å²) < 4.78 is 13.7. The van der Waals surface area contributed by atoms with Crippen LogP contribution in [0.4, 0.5) is 10.1 Å². The molecule has 2 rings (SSSR count). The van der Waals surface area contributed by atoms with E-state index in [1.807, 2.05) is 18.2 Å². The summed E-state index contributed by atoms with van der Waals surface area (Å²) in [6.45, 7) is 0.611. The minimum atomic E-state index is -0.355. The normalized spacial score (nSPS) is 10.2. The van der Waals surface area contributed by atoms with E-state index < -0.39 is 0 Å². The summed E-state index contributed by atoms with van der Waals surface area (Å²) in [6, 6.07) is 10.4. The van der Waals surface area contributed by atoms with Crippen LogP contribution in [0.5, 0.6) is 0 Å². The van der Waals surface area contributed by atoms with E-state index in [0.29, 0.717) is 17.8 Å². The fraction of sp³-hybridized carbons (Fsp3) is 0.143. The Balaban J connectivity index is 1.95. The first kappa shape index (κ1) is 13.4. The summed E-state index contributed by atoms with van der Waals surface area (Å²) in [5.74, 6) is -0.355. The zero-order valence-electron chi connectivity index (χ0n) is 10.3. The average molecular weight is 275 g/mol. The maximum atomic E-state index is 13.7. The first-order chi connectivity index (χ1) is 9.16. The predicted molar refractivity (Wildman–Crippen MR) is 78.7 cm³/mol. The van der Waals surface area contributed by atoms with Crippen molar-refractivity contribution >= 4 is 22.9 Å². The Morgan fingerprint density at radius 1 is 1.32 bits per heavy atom. The molecule has 0 aliphatic rings. The van der Waals surface area contributed by atoms with Gasteiger partial charge < -0.3 is 11.1 Å². The molecular formula is C14H14FN3S.